The Kier molecular flexibility index (Phi) is 12.0. The Hall–Kier alpha value is -2.48. The SMILES string of the molecule is C=CC(C=C)=CN=C(C)C(=NC)C1CCCCC(C)CC/C1=C(/C)c1ccc(CCCC)cc1. The summed E-state index contributed by atoms with van der Waals surface area (Å²) >= 11 is 0. The van der Waals surface area contributed by atoms with E-state index < -0.39 is 0 Å². The third kappa shape index (κ3) is 8.08. The van der Waals surface area contributed by atoms with Crippen LogP contribution in [0, 0.1) is 11.8 Å². The van der Waals surface area contributed by atoms with Gasteiger partial charge in [-0.2, -0.15) is 0 Å². The van der Waals surface area contributed by atoms with Gasteiger partial charge in [0.1, 0.15) is 0 Å². The van der Waals surface area contributed by atoms with Crippen molar-refractivity contribution in [3.63, 3.8) is 0 Å². The number of allylic oxidation sites excluding steroid dienone is 5. The zero-order valence-electron chi connectivity index (χ0n) is 22.4. The Bertz CT molecular complexity index is 914. The molecule has 1 saturated carbocycles. The summed E-state index contributed by atoms with van der Waals surface area (Å²) in [5, 5.41) is 0. The standard InChI is InChI=1S/C32H46N2/c1-8-11-15-28-18-20-29(21-19-28)25(5)30-22-17-24(4)14-12-13-16-31(30)32(33-7)26(6)34-23-27(9-2)10-3/h9-10,18-21,23-24,31H,2-3,8,11-17,22H2,1,4-7H3/b30-25+,33-32?,34-26?. The van der Waals surface area contributed by atoms with E-state index in [2.05, 4.69) is 65.1 Å². The number of hydrogen-bond donors (Lipinski definition) is 0. The average molecular weight is 459 g/mol. The summed E-state index contributed by atoms with van der Waals surface area (Å²) in [6.07, 6.45) is 16.4. The summed E-state index contributed by atoms with van der Waals surface area (Å²) in [4.78, 5) is 9.58. The van der Waals surface area contributed by atoms with Gasteiger partial charge in [0.2, 0.25) is 0 Å². The van der Waals surface area contributed by atoms with Crippen LogP contribution in [-0.4, -0.2) is 18.5 Å². The van der Waals surface area contributed by atoms with E-state index in [1.807, 2.05) is 13.2 Å². The highest BCUT2D eigenvalue weighted by molar-refractivity contribution is 6.43. The van der Waals surface area contributed by atoms with Crippen LogP contribution >= 0.6 is 0 Å². The summed E-state index contributed by atoms with van der Waals surface area (Å²) < 4.78 is 0. The first-order valence-electron chi connectivity index (χ1n) is 13.2. The van der Waals surface area contributed by atoms with E-state index in [4.69, 9.17) is 9.98 Å². The minimum Gasteiger partial charge on any atom is -0.291 e. The number of aliphatic imine (C=N–C) groups is 2. The maximum atomic E-state index is 4.81. The quantitative estimate of drug-likeness (QED) is 0.260. The van der Waals surface area contributed by atoms with E-state index in [0.717, 1.165) is 35.8 Å². The van der Waals surface area contributed by atoms with Gasteiger partial charge in [-0.25, -0.2) is 0 Å². The first-order valence-corrected chi connectivity index (χ1v) is 13.2. The van der Waals surface area contributed by atoms with Crippen LogP contribution in [0.2, 0.25) is 0 Å². The molecular formula is C32H46N2. The van der Waals surface area contributed by atoms with Crippen molar-refractivity contribution >= 4 is 17.0 Å². The lowest BCUT2D eigenvalue weighted by Gasteiger charge is -2.25. The molecule has 34 heavy (non-hydrogen) atoms. The lowest BCUT2D eigenvalue weighted by Crippen LogP contribution is -2.25. The number of aryl methyl sites for hydroxylation is 1. The normalized spacial score (nSPS) is 21.7. The highest BCUT2D eigenvalue weighted by atomic mass is 14.8. The molecule has 1 aromatic rings. The van der Waals surface area contributed by atoms with Gasteiger partial charge in [-0.15, -0.1) is 0 Å². The highest BCUT2D eigenvalue weighted by Crippen LogP contribution is 2.35. The maximum Gasteiger partial charge on any atom is 0.0628 e. The van der Waals surface area contributed by atoms with E-state index in [-0.39, 0.29) is 0 Å². The fourth-order valence-corrected chi connectivity index (χ4v) is 4.97. The Labute approximate surface area is 209 Å². The van der Waals surface area contributed by atoms with Crippen molar-refractivity contribution in [1.29, 1.82) is 0 Å². The Morgan fingerprint density at radius 3 is 2.32 bits per heavy atom. The molecular weight excluding hydrogens is 412 g/mol. The molecule has 1 aromatic carbocycles. The highest BCUT2D eigenvalue weighted by Gasteiger charge is 2.26. The van der Waals surface area contributed by atoms with Crippen molar-refractivity contribution in [3.05, 3.63) is 78.0 Å². The molecule has 1 aliphatic carbocycles. The average Bonchev–Trinajstić information content (AvgIpc) is 2.94. The predicted molar refractivity (Wildman–Crippen MR) is 153 cm³/mol. The molecule has 0 aromatic heterocycles. The van der Waals surface area contributed by atoms with Crippen molar-refractivity contribution in [3.8, 4) is 0 Å². The minimum absolute atomic E-state index is 0.308. The zero-order chi connectivity index (χ0) is 24.9. The second kappa shape index (κ2) is 14.7. The van der Waals surface area contributed by atoms with Gasteiger partial charge in [0, 0.05) is 19.2 Å². The van der Waals surface area contributed by atoms with Crippen LogP contribution in [0.3, 0.4) is 0 Å². The second-order valence-electron chi connectivity index (χ2n) is 9.79. The molecule has 1 aliphatic rings. The van der Waals surface area contributed by atoms with Crippen LogP contribution in [0.4, 0.5) is 0 Å². The topological polar surface area (TPSA) is 24.7 Å². The van der Waals surface area contributed by atoms with Gasteiger partial charge in [0.05, 0.1) is 11.4 Å². The van der Waals surface area contributed by atoms with Crippen molar-refractivity contribution in [2.24, 2.45) is 21.8 Å². The molecule has 0 heterocycles. The molecule has 1 fully saturated rings. The van der Waals surface area contributed by atoms with E-state index in [1.54, 1.807) is 17.7 Å². The van der Waals surface area contributed by atoms with Gasteiger partial charge >= 0.3 is 0 Å². The zero-order valence-corrected chi connectivity index (χ0v) is 22.4. The third-order valence-electron chi connectivity index (χ3n) is 7.27. The summed E-state index contributed by atoms with van der Waals surface area (Å²) in [7, 11) is 1.92. The van der Waals surface area contributed by atoms with E-state index in [1.165, 1.54) is 61.6 Å². The van der Waals surface area contributed by atoms with Crippen LogP contribution in [0.1, 0.15) is 90.2 Å². The van der Waals surface area contributed by atoms with Gasteiger partial charge in [0.15, 0.2) is 0 Å². The largest absolute Gasteiger partial charge is 0.291 e. The molecule has 0 aliphatic heterocycles. The molecule has 2 nitrogen and oxygen atoms in total. The summed E-state index contributed by atoms with van der Waals surface area (Å²) in [5.41, 5.74) is 8.78. The molecule has 2 heteroatoms. The van der Waals surface area contributed by atoms with Crippen LogP contribution in [-0.2, 0) is 6.42 Å². The first-order chi connectivity index (χ1) is 16.4. The molecule has 0 bridgehead atoms. The summed E-state index contributed by atoms with van der Waals surface area (Å²) in [6.45, 7) is 16.8. The maximum absolute atomic E-state index is 4.81. The van der Waals surface area contributed by atoms with Crippen molar-refractivity contribution in [2.45, 2.75) is 85.5 Å². The molecule has 0 saturated heterocycles. The van der Waals surface area contributed by atoms with Crippen LogP contribution in [0.25, 0.3) is 5.57 Å². The second-order valence-corrected chi connectivity index (χ2v) is 9.79. The fraction of sp³-hybridized carbons (Fsp3) is 0.500. The third-order valence-corrected chi connectivity index (χ3v) is 7.27. The van der Waals surface area contributed by atoms with Crippen LogP contribution in [0.5, 0.6) is 0 Å². The Morgan fingerprint density at radius 2 is 1.71 bits per heavy atom. The number of hydrogen-bond acceptors (Lipinski definition) is 2. The van der Waals surface area contributed by atoms with E-state index in [9.17, 15) is 0 Å². The van der Waals surface area contributed by atoms with Gasteiger partial charge in [-0.3, -0.25) is 9.98 Å². The Balaban J connectivity index is 2.51. The van der Waals surface area contributed by atoms with Gasteiger partial charge < -0.3 is 0 Å². The van der Waals surface area contributed by atoms with Crippen LogP contribution in [0.15, 0.2) is 76.9 Å². The molecule has 2 unspecified atom stereocenters. The van der Waals surface area contributed by atoms with Crippen molar-refractivity contribution in [2.75, 3.05) is 7.05 Å². The fourth-order valence-electron chi connectivity index (χ4n) is 4.97. The molecule has 0 spiro atoms. The van der Waals surface area contributed by atoms with Crippen molar-refractivity contribution in [1.82, 2.24) is 0 Å². The summed E-state index contributed by atoms with van der Waals surface area (Å²) in [6, 6.07) is 9.29. The molecule has 2 atom stereocenters. The molecule has 2 rings (SSSR count). The summed E-state index contributed by atoms with van der Waals surface area (Å²) in [5.74, 6) is 1.07. The molecule has 0 radical (unpaired) electrons. The van der Waals surface area contributed by atoms with Gasteiger partial charge in [-0.1, -0.05) is 94.7 Å². The number of unbranched alkanes of at least 4 members (excludes halogenated alkanes) is 1. The van der Waals surface area contributed by atoms with E-state index >= 15 is 0 Å². The number of rotatable bonds is 9. The van der Waals surface area contributed by atoms with Crippen LogP contribution < -0.4 is 0 Å². The lowest BCUT2D eigenvalue weighted by atomic mass is 9.81. The van der Waals surface area contributed by atoms with E-state index in [0.29, 0.717) is 5.92 Å². The minimum atomic E-state index is 0.308. The Morgan fingerprint density at radius 1 is 1.03 bits per heavy atom. The van der Waals surface area contributed by atoms with Gasteiger partial charge in [0.25, 0.3) is 0 Å². The van der Waals surface area contributed by atoms with Crippen molar-refractivity contribution < 1.29 is 0 Å². The smallest absolute Gasteiger partial charge is 0.0628 e. The monoisotopic (exact) mass is 458 g/mol. The molecule has 184 valence electrons. The number of benzene rings is 1. The molecule has 0 N–H and O–H groups in total. The van der Waals surface area contributed by atoms with Gasteiger partial charge in [-0.05, 0) is 74.1 Å². The first kappa shape index (κ1) is 27.8. The predicted octanol–water partition coefficient (Wildman–Crippen LogP) is 9.20. The lowest BCUT2D eigenvalue weighted by molar-refractivity contribution is 0.475. The number of nitrogens with zero attached hydrogens (tertiary/aromatic N) is 2. The molecule has 0 amide bonds.